The summed E-state index contributed by atoms with van der Waals surface area (Å²) in [5.74, 6) is 0.620. The van der Waals surface area contributed by atoms with E-state index in [9.17, 15) is 0 Å². The van der Waals surface area contributed by atoms with Crippen molar-refractivity contribution < 1.29 is 0 Å². The first-order chi connectivity index (χ1) is 9.78. The molecule has 0 saturated heterocycles. The largest absolute Gasteiger partial charge is 0.118 e. The summed E-state index contributed by atoms with van der Waals surface area (Å²) < 4.78 is 1.13. The molecule has 0 radical (unpaired) electrons. The van der Waals surface area contributed by atoms with Gasteiger partial charge in [0.25, 0.3) is 0 Å². The minimum absolute atomic E-state index is 0.0698. The Morgan fingerprint density at radius 1 is 1.05 bits per heavy atom. The van der Waals surface area contributed by atoms with Crippen molar-refractivity contribution in [2.24, 2.45) is 11.3 Å². The smallest absolute Gasteiger partial charge is 0.0593 e. The van der Waals surface area contributed by atoms with E-state index in [4.69, 9.17) is 11.6 Å². The van der Waals surface area contributed by atoms with Crippen LogP contribution < -0.4 is 0 Å². The van der Waals surface area contributed by atoms with Crippen molar-refractivity contribution in [1.82, 2.24) is 0 Å². The van der Waals surface area contributed by atoms with Crippen LogP contribution in [-0.4, -0.2) is 0 Å². The number of rotatable bonds is 4. The highest BCUT2D eigenvalue weighted by molar-refractivity contribution is 9.10. The van der Waals surface area contributed by atoms with Gasteiger partial charge in [-0.25, -0.2) is 0 Å². The van der Waals surface area contributed by atoms with Gasteiger partial charge in [-0.1, -0.05) is 74.0 Å². The Balaban J connectivity index is 2.24. The van der Waals surface area contributed by atoms with Crippen LogP contribution in [0.3, 0.4) is 0 Å². The second-order valence-electron chi connectivity index (χ2n) is 7.26. The number of benzene rings is 2. The zero-order valence-corrected chi connectivity index (χ0v) is 15.6. The molecular weight excluding hydrogens is 344 g/mol. The Labute approximate surface area is 142 Å². The summed E-state index contributed by atoms with van der Waals surface area (Å²) in [6.45, 7) is 9.19. The van der Waals surface area contributed by atoms with Gasteiger partial charge in [-0.2, -0.15) is 0 Å². The molecule has 2 rings (SSSR count). The Morgan fingerprint density at radius 2 is 1.67 bits per heavy atom. The number of hydrogen-bond donors (Lipinski definition) is 0. The summed E-state index contributed by atoms with van der Waals surface area (Å²) in [6.07, 6.45) is 2.22. The van der Waals surface area contributed by atoms with Gasteiger partial charge in [0, 0.05) is 4.47 Å². The molecular formula is C19H24BrCl. The fourth-order valence-corrected chi connectivity index (χ4v) is 4.14. The molecule has 0 amide bonds. The molecule has 2 heteroatoms. The van der Waals surface area contributed by atoms with Crippen molar-refractivity contribution >= 4 is 38.3 Å². The van der Waals surface area contributed by atoms with E-state index >= 15 is 0 Å². The Kier molecular flexibility index (Phi) is 5.38. The number of alkyl halides is 1. The summed E-state index contributed by atoms with van der Waals surface area (Å²) in [7, 11) is 0. The van der Waals surface area contributed by atoms with Crippen LogP contribution in [0.1, 0.15) is 51.5 Å². The van der Waals surface area contributed by atoms with Gasteiger partial charge in [0.15, 0.2) is 0 Å². The van der Waals surface area contributed by atoms with Crippen LogP contribution in [0.15, 0.2) is 40.9 Å². The molecule has 2 unspecified atom stereocenters. The molecule has 2 aromatic carbocycles. The summed E-state index contributed by atoms with van der Waals surface area (Å²) in [4.78, 5) is 0. The van der Waals surface area contributed by atoms with Gasteiger partial charge >= 0.3 is 0 Å². The first-order valence-corrected chi connectivity index (χ1v) is 8.82. The molecule has 0 fully saturated rings. The average Bonchev–Trinajstić information content (AvgIpc) is 2.37. The fourth-order valence-electron chi connectivity index (χ4n) is 3.17. The number of fused-ring (bicyclic) bond motifs is 1. The van der Waals surface area contributed by atoms with Crippen LogP contribution in [-0.2, 0) is 0 Å². The van der Waals surface area contributed by atoms with Crippen molar-refractivity contribution in [3.63, 3.8) is 0 Å². The van der Waals surface area contributed by atoms with E-state index < -0.39 is 0 Å². The summed E-state index contributed by atoms with van der Waals surface area (Å²) in [6, 6.07) is 12.7. The highest BCUT2D eigenvalue weighted by Crippen LogP contribution is 2.38. The molecule has 0 bridgehead atoms. The molecule has 0 aliphatic heterocycles. The molecule has 0 saturated carbocycles. The van der Waals surface area contributed by atoms with Crippen molar-refractivity contribution in [3.05, 3.63) is 46.4 Å². The lowest BCUT2D eigenvalue weighted by Crippen LogP contribution is -2.12. The quantitative estimate of drug-likeness (QED) is 0.496. The highest BCUT2D eigenvalue weighted by atomic mass is 79.9. The predicted octanol–water partition coefficient (Wildman–Crippen LogP) is 7.34. The van der Waals surface area contributed by atoms with Crippen LogP contribution >= 0.6 is 27.5 Å². The Morgan fingerprint density at radius 3 is 2.29 bits per heavy atom. The SMILES string of the molecule is CC(CC(Cl)c1ccc(Br)c2ccccc12)CC(C)(C)C. The molecule has 0 aliphatic rings. The summed E-state index contributed by atoms with van der Waals surface area (Å²) in [5, 5.41) is 2.57. The van der Waals surface area contributed by atoms with Crippen LogP contribution in [0.4, 0.5) is 0 Å². The predicted molar refractivity (Wildman–Crippen MR) is 98.1 cm³/mol. The van der Waals surface area contributed by atoms with Crippen LogP contribution in [0, 0.1) is 11.3 Å². The van der Waals surface area contributed by atoms with E-state index in [1.807, 2.05) is 0 Å². The molecule has 0 spiro atoms. The second kappa shape index (κ2) is 6.71. The molecule has 0 nitrogen and oxygen atoms in total. The van der Waals surface area contributed by atoms with E-state index in [1.165, 1.54) is 22.8 Å². The van der Waals surface area contributed by atoms with Crippen molar-refractivity contribution in [1.29, 1.82) is 0 Å². The van der Waals surface area contributed by atoms with E-state index in [0.717, 1.165) is 10.9 Å². The van der Waals surface area contributed by atoms with Gasteiger partial charge in [-0.05, 0) is 46.6 Å². The Hall–Kier alpha value is -0.530. The van der Waals surface area contributed by atoms with E-state index in [1.54, 1.807) is 0 Å². The lowest BCUT2D eigenvalue weighted by molar-refractivity contribution is 0.295. The minimum atomic E-state index is 0.0698. The number of hydrogen-bond acceptors (Lipinski definition) is 0. The molecule has 0 N–H and O–H groups in total. The van der Waals surface area contributed by atoms with E-state index in [0.29, 0.717) is 11.3 Å². The van der Waals surface area contributed by atoms with E-state index in [-0.39, 0.29) is 5.38 Å². The maximum Gasteiger partial charge on any atom is 0.0593 e. The third-order valence-corrected chi connectivity index (χ3v) is 4.92. The normalized spacial score (nSPS) is 15.1. The molecule has 2 atom stereocenters. The monoisotopic (exact) mass is 366 g/mol. The summed E-state index contributed by atoms with van der Waals surface area (Å²) >= 11 is 10.4. The maximum atomic E-state index is 6.75. The van der Waals surface area contributed by atoms with Crippen molar-refractivity contribution in [3.8, 4) is 0 Å². The van der Waals surface area contributed by atoms with Gasteiger partial charge < -0.3 is 0 Å². The molecule has 0 aliphatic carbocycles. The fraction of sp³-hybridized carbons (Fsp3) is 0.474. The van der Waals surface area contributed by atoms with Gasteiger partial charge in [-0.3, -0.25) is 0 Å². The maximum absolute atomic E-state index is 6.75. The number of halogens is 2. The standard InChI is InChI=1S/C19H24BrCl/c1-13(12-19(2,3)4)11-18(21)16-9-10-17(20)15-8-6-5-7-14(15)16/h5-10,13,18H,11-12H2,1-4H3. The van der Waals surface area contributed by atoms with Crippen LogP contribution in [0.5, 0.6) is 0 Å². The zero-order valence-electron chi connectivity index (χ0n) is 13.3. The Bertz CT molecular complexity index is 612. The topological polar surface area (TPSA) is 0 Å². The first kappa shape index (κ1) is 16.8. The van der Waals surface area contributed by atoms with Crippen LogP contribution in [0.2, 0.25) is 0 Å². The van der Waals surface area contributed by atoms with Crippen molar-refractivity contribution in [2.75, 3.05) is 0 Å². The highest BCUT2D eigenvalue weighted by Gasteiger charge is 2.20. The minimum Gasteiger partial charge on any atom is -0.118 e. The van der Waals surface area contributed by atoms with Gasteiger partial charge in [0.2, 0.25) is 0 Å². The zero-order chi connectivity index (χ0) is 15.6. The van der Waals surface area contributed by atoms with Gasteiger partial charge in [0.05, 0.1) is 5.38 Å². The molecule has 114 valence electrons. The third kappa shape index (κ3) is 4.47. The molecule has 21 heavy (non-hydrogen) atoms. The van der Waals surface area contributed by atoms with Crippen LogP contribution in [0.25, 0.3) is 10.8 Å². The van der Waals surface area contributed by atoms with Gasteiger partial charge in [-0.15, -0.1) is 11.6 Å². The molecule has 0 heterocycles. The van der Waals surface area contributed by atoms with Crippen molar-refractivity contribution in [2.45, 2.75) is 45.9 Å². The average molecular weight is 368 g/mol. The first-order valence-electron chi connectivity index (χ1n) is 7.59. The summed E-state index contributed by atoms with van der Waals surface area (Å²) in [5.41, 5.74) is 1.61. The molecule has 2 aromatic rings. The third-order valence-electron chi connectivity index (χ3n) is 3.81. The second-order valence-corrected chi connectivity index (χ2v) is 8.64. The lowest BCUT2D eigenvalue weighted by Gasteiger charge is -2.25. The van der Waals surface area contributed by atoms with E-state index in [2.05, 4.69) is 80.0 Å². The molecule has 0 aromatic heterocycles. The van der Waals surface area contributed by atoms with Gasteiger partial charge in [0.1, 0.15) is 0 Å². The lowest BCUT2D eigenvalue weighted by atomic mass is 9.83.